The first-order valence-electron chi connectivity index (χ1n) is 3.80. The summed E-state index contributed by atoms with van der Waals surface area (Å²) in [7, 11) is 0. The van der Waals surface area contributed by atoms with Crippen LogP contribution in [0.2, 0.25) is 5.02 Å². The van der Waals surface area contributed by atoms with Crippen molar-refractivity contribution in [2.24, 2.45) is 0 Å². The summed E-state index contributed by atoms with van der Waals surface area (Å²) in [6.07, 6.45) is 1.67. The molecule has 0 aliphatic carbocycles. The number of halogens is 4. The van der Waals surface area contributed by atoms with E-state index in [1.54, 1.807) is 16.9 Å². The lowest BCUT2D eigenvalue weighted by molar-refractivity contribution is 0.821. The van der Waals surface area contributed by atoms with E-state index in [9.17, 15) is 0 Å². The van der Waals surface area contributed by atoms with Gasteiger partial charge in [0.05, 0.1) is 5.02 Å². The summed E-state index contributed by atoms with van der Waals surface area (Å²) < 4.78 is 3.94. The van der Waals surface area contributed by atoms with Gasteiger partial charge >= 0.3 is 0 Å². The van der Waals surface area contributed by atoms with Crippen LogP contribution in [0.4, 0.5) is 0 Å². The van der Waals surface area contributed by atoms with E-state index in [0.29, 0.717) is 10.8 Å². The molecule has 0 fully saturated rings. The van der Waals surface area contributed by atoms with Gasteiger partial charge in [0, 0.05) is 16.7 Å². The Morgan fingerprint density at radius 3 is 2.47 bits per heavy atom. The molecule has 0 N–H and O–H groups in total. The first kappa shape index (κ1) is 11.6. The quantitative estimate of drug-likeness (QED) is 0.698. The van der Waals surface area contributed by atoms with E-state index in [2.05, 4.69) is 57.9 Å². The number of hydrogen-bond donors (Lipinski definition) is 0. The summed E-state index contributed by atoms with van der Waals surface area (Å²) in [5.74, 6) is 0.581. The number of pyridine rings is 1. The zero-order valence-corrected chi connectivity index (χ0v) is 12.6. The van der Waals surface area contributed by atoms with Crippen molar-refractivity contribution in [3.63, 3.8) is 0 Å². The van der Waals surface area contributed by atoms with Crippen LogP contribution in [0.5, 0.6) is 0 Å². The third-order valence-corrected chi connectivity index (χ3v) is 3.29. The SMILES string of the molecule is Clc1cc(Br)cnc1-n1nc(Br)cc1Br. The molecule has 0 saturated carbocycles. The predicted octanol–water partition coefficient (Wildman–Crippen LogP) is 4.21. The van der Waals surface area contributed by atoms with Gasteiger partial charge in [0.1, 0.15) is 9.21 Å². The molecule has 2 rings (SSSR count). The maximum atomic E-state index is 6.06. The van der Waals surface area contributed by atoms with Crippen molar-refractivity contribution in [3.8, 4) is 5.82 Å². The molecule has 0 aliphatic rings. The molecule has 15 heavy (non-hydrogen) atoms. The predicted molar refractivity (Wildman–Crippen MR) is 69.5 cm³/mol. The second-order valence-corrected chi connectivity index (χ2v) is 5.61. The zero-order valence-electron chi connectivity index (χ0n) is 7.09. The van der Waals surface area contributed by atoms with Gasteiger partial charge in [-0.05, 0) is 53.9 Å². The molecule has 0 saturated heterocycles. The van der Waals surface area contributed by atoms with E-state index in [4.69, 9.17) is 11.6 Å². The monoisotopic (exact) mass is 413 g/mol. The van der Waals surface area contributed by atoms with Crippen molar-refractivity contribution < 1.29 is 0 Å². The highest BCUT2D eigenvalue weighted by atomic mass is 79.9. The summed E-state index contributed by atoms with van der Waals surface area (Å²) in [6.45, 7) is 0. The highest BCUT2D eigenvalue weighted by molar-refractivity contribution is 9.11. The highest BCUT2D eigenvalue weighted by Gasteiger charge is 2.10. The smallest absolute Gasteiger partial charge is 0.173 e. The molecule has 0 unspecified atom stereocenters. The molecule has 2 aromatic heterocycles. The topological polar surface area (TPSA) is 30.7 Å². The van der Waals surface area contributed by atoms with Crippen LogP contribution in [0.15, 0.2) is 32.0 Å². The third kappa shape index (κ3) is 2.43. The van der Waals surface area contributed by atoms with E-state index in [0.717, 1.165) is 13.7 Å². The van der Waals surface area contributed by atoms with Crippen LogP contribution in [0, 0.1) is 0 Å². The van der Waals surface area contributed by atoms with Crippen molar-refractivity contribution in [2.45, 2.75) is 0 Å². The van der Waals surface area contributed by atoms with E-state index in [1.807, 2.05) is 6.07 Å². The summed E-state index contributed by atoms with van der Waals surface area (Å²) in [5, 5.41) is 4.72. The number of nitrogens with zero attached hydrogens (tertiary/aromatic N) is 3. The average Bonchev–Trinajstić information content (AvgIpc) is 2.45. The Kier molecular flexibility index (Phi) is 3.49. The number of hydrogen-bond acceptors (Lipinski definition) is 2. The second kappa shape index (κ2) is 4.53. The lowest BCUT2D eigenvalue weighted by Gasteiger charge is -2.04. The van der Waals surface area contributed by atoms with Crippen molar-refractivity contribution in [1.29, 1.82) is 0 Å². The van der Waals surface area contributed by atoms with Crippen molar-refractivity contribution in [3.05, 3.63) is 37.0 Å². The zero-order chi connectivity index (χ0) is 11.0. The van der Waals surface area contributed by atoms with Gasteiger partial charge in [-0.1, -0.05) is 11.6 Å². The molecule has 0 radical (unpaired) electrons. The highest BCUT2D eigenvalue weighted by Crippen LogP contribution is 2.26. The Morgan fingerprint density at radius 1 is 1.20 bits per heavy atom. The lowest BCUT2D eigenvalue weighted by atomic mass is 10.4. The fraction of sp³-hybridized carbons (Fsp3) is 0. The normalized spacial score (nSPS) is 10.7. The molecule has 0 aromatic carbocycles. The van der Waals surface area contributed by atoms with Crippen LogP contribution >= 0.6 is 59.4 Å². The van der Waals surface area contributed by atoms with Gasteiger partial charge in [0.15, 0.2) is 5.82 Å². The summed E-state index contributed by atoms with van der Waals surface area (Å²) >= 11 is 16.0. The largest absolute Gasteiger partial charge is 0.235 e. The van der Waals surface area contributed by atoms with Gasteiger partial charge in [-0.25, -0.2) is 9.67 Å². The molecule has 3 nitrogen and oxygen atoms in total. The number of rotatable bonds is 1. The van der Waals surface area contributed by atoms with Crippen molar-refractivity contribution >= 4 is 59.4 Å². The number of aromatic nitrogens is 3. The Balaban J connectivity index is 2.59. The van der Waals surface area contributed by atoms with E-state index in [-0.39, 0.29) is 0 Å². The minimum Gasteiger partial charge on any atom is -0.235 e. The molecule has 0 aliphatic heterocycles. The van der Waals surface area contributed by atoms with Gasteiger partial charge in [-0.3, -0.25) is 0 Å². The Morgan fingerprint density at radius 2 is 1.93 bits per heavy atom. The Bertz CT molecular complexity index is 512. The molecule has 7 heteroatoms. The molecular formula is C8H3Br3ClN3. The van der Waals surface area contributed by atoms with Crippen LogP contribution in [0.25, 0.3) is 5.82 Å². The van der Waals surface area contributed by atoms with Crippen molar-refractivity contribution in [1.82, 2.24) is 14.8 Å². The molecule has 0 amide bonds. The maximum Gasteiger partial charge on any atom is 0.173 e. The second-order valence-electron chi connectivity index (χ2n) is 2.66. The first-order chi connectivity index (χ1) is 7.08. The molecule has 78 valence electrons. The molecule has 2 aromatic rings. The van der Waals surface area contributed by atoms with Crippen LogP contribution in [-0.2, 0) is 0 Å². The van der Waals surface area contributed by atoms with E-state index in [1.165, 1.54) is 0 Å². The molecule has 2 heterocycles. The minimum absolute atomic E-state index is 0.528. The Labute approximate surface area is 116 Å². The van der Waals surface area contributed by atoms with E-state index >= 15 is 0 Å². The molecular weight excluding hydrogens is 413 g/mol. The maximum absolute atomic E-state index is 6.06. The lowest BCUT2D eigenvalue weighted by Crippen LogP contribution is -2.00. The first-order valence-corrected chi connectivity index (χ1v) is 6.56. The minimum atomic E-state index is 0.528. The van der Waals surface area contributed by atoms with Crippen molar-refractivity contribution in [2.75, 3.05) is 0 Å². The average molecular weight is 416 g/mol. The van der Waals surface area contributed by atoms with Crippen LogP contribution < -0.4 is 0 Å². The van der Waals surface area contributed by atoms with Crippen LogP contribution in [-0.4, -0.2) is 14.8 Å². The molecule has 0 spiro atoms. The Hall–Kier alpha value is 0.0900. The molecule has 0 bridgehead atoms. The fourth-order valence-electron chi connectivity index (χ4n) is 1.04. The van der Waals surface area contributed by atoms with Crippen LogP contribution in [0.1, 0.15) is 0 Å². The van der Waals surface area contributed by atoms with Gasteiger partial charge in [-0.2, -0.15) is 5.10 Å². The van der Waals surface area contributed by atoms with Gasteiger partial charge in [0.2, 0.25) is 0 Å². The summed E-state index contributed by atoms with van der Waals surface area (Å²) in [5.41, 5.74) is 0. The van der Waals surface area contributed by atoms with Gasteiger partial charge < -0.3 is 0 Å². The summed E-state index contributed by atoms with van der Waals surface area (Å²) in [6, 6.07) is 3.59. The standard InChI is InChI=1S/C8H3Br3ClN3/c9-4-1-5(12)8(13-3-4)15-7(11)2-6(10)14-15/h1-3H. The van der Waals surface area contributed by atoms with Crippen LogP contribution in [0.3, 0.4) is 0 Å². The van der Waals surface area contributed by atoms with Gasteiger partial charge in [-0.15, -0.1) is 0 Å². The fourth-order valence-corrected chi connectivity index (χ4v) is 2.90. The third-order valence-electron chi connectivity index (χ3n) is 1.63. The summed E-state index contributed by atoms with van der Waals surface area (Å²) in [4.78, 5) is 4.19. The molecule has 0 atom stereocenters. The van der Waals surface area contributed by atoms with E-state index < -0.39 is 0 Å². The van der Waals surface area contributed by atoms with Gasteiger partial charge in [0.25, 0.3) is 0 Å².